The Bertz CT molecular complexity index is 638. The maximum Gasteiger partial charge on any atom is 0.306 e. The summed E-state index contributed by atoms with van der Waals surface area (Å²) in [6.45, 7) is 0.155. The maximum atomic E-state index is 13.5. The fourth-order valence-corrected chi connectivity index (χ4v) is 2.91. The molecule has 2 amide bonds. The molecule has 1 aromatic rings. The van der Waals surface area contributed by atoms with Crippen molar-refractivity contribution in [3.05, 3.63) is 35.4 Å². The molecular formula is C17H20F2N2O4. The largest absolute Gasteiger partial charge is 0.481 e. The first-order valence-corrected chi connectivity index (χ1v) is 8.13. The highest BCUT2D eigenvalue weighted by Crippen LogP contribution is 2.28. The summed E-state index contributed by atoms with van der Waals surface area (Å²) >= 11 is 0. The summed E-state index contributed by atoms with van der Waals surface area (Å²) < 4.78 is 26.9. The molecule has 1 fully saturated rings. The van der Waals surface area contributed by atoms with Gasteiger partial charge in [0.05, 0.1) is 5.92 Å². The van der Waals surface area contributed by atoms with Gasteiger partial charge >= 0.3 is 5.97 Å². The van der Waals surface area contributed by atoms with Gasteiger partial charge in [0.15, 0.2) is 0 Å². The summed E-state index contributed by atoms with van der Waals surface area (Å²) in [4.78, 5) is 34.7. The molecule has 6 nitrogen and oxygen atoms in total. The molecule has 0 saturated heterocycles. The van der Waals surface area contributed by atoms with Crippen molar-refractivity contribution in [3.63, 3.8) is 0 Å². The highest BCUT2D eigenvalue weighted by molar-refractivity contribution is 5.94. The van der Waals surface area contributed by atoms with Gasteiger partial charge in [-0.25, -0.2) is 8.78 Å². The SMILES string of the molecule is O=C(NCCNC(=O)C1CCC(C(=O)O)CC1)c1c(F)cccc1F. The molecule has 136 valence electrons. The first kappa shape index (κ1) is 18.8. The van der Waals surface area contributed by atoms with Crippen LogP contribution in [0.4, 0.5) is 8.78 Å². The van der Waals surface area contributed by atoms with E-state index in [9.17, 15) is 23.2 Å². The number of rotatable bonds is 6. The number of hydrogen-bond acceptors (Lipinski definition) is 3. The number of aliphatic carboxylic acids is 1. The average Bonchev–Trinajstić information content (AvgIpc) is 2.58. The topological polar surface area (TPSA) is 95.5 Å². The van der Waals surface area contributed by atoms with Crippen LogP contribution in [0.1, 0.15) is 36.0 Å². The smallest absolute Gasteiger partial charge is 0.306 e. The van der Waals surface area contributed by atoms with E-state index in [4.69, 9.17) is 5.11 Å². The lowest BCUT2D eigenvalue weighted by Crippen LogP contribution is -2.39. The lowest BCUT2D eigenvalue weighted by Gasteiger charge is -2.25. The minimum Gasteiger partial charge on any atom is -0.481 e. The molecule has 2 rings (SSSR count). The number of carbonyl (C=O) groups excluding carboxylic acids is 2. The molecule has 0 aliphatic heterocycles. The Labute approximate surface area is 143 Å². The highest BCUT2D eigenvalue weighted by Gasteiger charge is 2.29. The summed E-state index contributed by atoms with van der Waals surface area (Å²) in [5, 5.41) is 13.9. The Kier molecular flexibility index (Phi) is 6.44. The van der Waals surface area contributed by atoms with E-state index in [1.54, 1.807) is 0 Å². The van der Waals surface area contributed by atoms with Gasteiger partial charge in [-0.1, -0.05) is 6.07 Å². The minimum atomic E-state index is -0.947. The van der Waals surface area contributed by atoms with Crippen molar-refractivity contribution in [2.45, 2.75) is 25.7 Å². The summed E-state index contributed by atoms with van der Waals surface area (Å²) in [5.41, 5.74) is -0.652. The van der Waals surface area contributed by atoms with Gasteiger partial charge in [0.1, 0.15) is 17.2 Å². The molecule has 0 radical (unpaired) electrons. The van der Waals surface area contributed by atoms with Crippen molar-refractivity contribution >= 4 is 17.8 Å². The van der Waals surface area contributed by atoms with Crippen LogP contribution in [0.3, 0.4) is 0 Å². The molecule has 0 aromatic heterocycles. The zero-order valence-corrected chi connectivity index (χ0v) is 13.6. The molecular weight excluding hydrogens is 334 g/mol. The van der Waals surface area contributed by atoms with Gasteiger partial charge in [0.2, 0.25) is 5.91 Å². The second-order valence-electron chi connectivity index (χ2n) is 6.03. The molecule has 0 spiro atoms. The number of nitrogens with one attached hydrogen (secondary N) is 2. The van der Waals surface area contributed by atoms with Gasteiger partial charge in [-0.3, -0.25) is 14.4 Å². The van der Waals surface area contributed by atoms with E-state index in [0.29, 0.717) is 25.7 Å². The third kappa shape index (κ3) is 4.98. The molecule has 25 heavy (non-hydrogen) atoms. The van der Waals surface area contributed by atoms with Crippen molar-refractivity contribution in [2.75, 3.05) is 13.1 Å². The molecule has 0 bridgehead atoms. The Morgan fingerprint density at radius 1 is 0.960 bits per heavy atom. The predicted octanol–water partition coefficient (Wildman–Crippen LogP) is 1.70. The van der Waals surface area contributed by atoms with E-state index >= 15 is 0 Å². The Hall–Kier alpha value is -2.51. The van der Waals surface area contributed by atoms with E-state index in [0.717, 1.165) is 12.1 Å². The summed E-state index contributed by atoms with van der Waals surface area (Å²) in [5.74, 6) is -4.44. The van der Waals surface area contributed by atoms with Gasteiger partial charge in [0.25, 0.3) is 5.91 Å². The molecule has 8 heteroatoms. The number of carbonyl (C=O) groups is 3. The molecule has 1 aliphatic rings. The van der Waals surface area contributed by atoms with Crippen molar-refractivity contribution in [2.24, 2.45) is 11.8 Å². The number of benzene rings is 1. The predicted molar refractivity (Wildman–Crippen MR) is 84.8 cm³/mol. The van der Waals surface area contributed by atoms with Crippen LogP contribution < -0.4 is 10.6 Å². The van der Waals surface area contributed by atoms with Gasteiger partial charge < -0.3 is 15.7 Å². The Balaban J connectivity index is 1.72. The van der Waals surface area contributed by atoms with Crippen LogP contribution in [-0.4, -0.2) is 36.0 Å². The molecule has 0 heterocycles. The fourth-order valence-electron chi connectivity index (χ4n) is 2.91. The van der Waals surface area contributed by atoms with Gasteiger partial charge in [-0.15, -0.1) is 0 Å². The van der Waals surface area contributed by atoms with E-state index in [1.807, 2.05) is 0 Å². The quantitative estimate of drug-likeness (QED) is 0.678. The van der Waals surface area contributed by atoms with E-state index in [2.05, 4.69) is 10.6 Å². The molecule has 0 atom stereocenters. The lowest BCUT2D eigenvalue weighted by atomic mass is 9.81. The number of amides is 2. The fraction of sp³-hybridized carbons (Fsp3) is 0.471. The number of hydrogen-bond donors (Lipinski definition) is 3. The molecule has 0 unspecified atom stereocenters. The monoisotopic (exact) mass is 354 g/mol. The summed E-state index contributed by atoms with van der Waals surface area (Å²) in [6, 6.07) is 3.15. The van der Waals surface area contributed by atoms with Gasteiger partial charge in [-0.2, -0.15) is 0 Å². The van der Waals surface area contributed by atoms with Crippen LogP contribution in [0, 0.1) is 23.5 Å². The molecule has 1 saturated carbocycles. The maximum absolute atomic E-state index is 13.5. The zero-order valence-electron chi connectivity index (χ0n) is 13.6. The lowest BCUT2D eigenvalue weighted by molar-refractivity contribution is -0.144. The van der Waals surface area contributed by atoms with Crippen LogP contribution in [0.15, 0.2) is 18.2 Å². The number of carboxylic acid groups (broad SMARTS) is 1. The molecule has 1 aliphatic carbocycles. The van der Waals surface area contributed by atoms with Crippen LogP contribution in [0.5, 0.6) is 0 Å². The third-order valence-corrected chi connectivity index (χ3v) is 4.35. The minimum absolute atomic E-state index is 0.0306. The van der Waals surface area contributed by atoms with E-state index < -0.39 is 29.1 Å². The second-order valence-corrected chi connectivity index (χ2v) is 6.03. The van der Waals surface area contributed by atoms with E-state index in [1.165, 1.54) is 6.07 Å². The van der Waals surface area contributed by atoms with Gasteiger partial charge in [0, 0.05) is 19.0 Å². The van der Waals surface area contributed by atoms with Crippen LogP contribution >= 0.6 is 0 Å². The summed E-state index contributed by atoms with van der Waals surface area (Å²) in [7, 11) is 0. The first-order chi connectivity index (χ1) is 11.9. The third-order valence-electron chi connectivity index (χ3n) is 4.35. The average molecular weight is 354 g/mol. The van der Waals surface area contributed by atoms with Crippen LogP contribution in [0.2, 0.25) is 0 Å². The normalized spacial score (nSPS) is 19.9. The highest BCUT2D eigenvalue weighted by atomic mass is 19.1. The molecule has 1 aromatic carbocycles. The molecule has 3 N–H and O–H groups in total. The van der Waals surface area contributed by atoms with E-state index in [-0.39, 0.29) is 30.8 Å². The van der Waals surface area contributed by atoms with Crippen molar-refractivity contribution in [1.29, 1.82) is 0 Å². The first-order valence-electron chi connectivity index (χ1n) is 8.13. The van der Waals surface area contributed by atoms with Crippen LogP contribution in [-0.2, 0) is 9.59 Å². The Morgan fingerprint density at radius 2 is 1.48 bits per heavy atom. The zero-order chi connectivity index (χ0) is 18.4. The summed E-state index contributed by atoms with van der Waals surface area (Å²) in [6.07, 6.45) is 1.96. The number of halogens is 2. The van der Waals surface area contributed by atoms with Gasteiger partial charge in [-0.05, 0) is 37.8 Å². The van der Waals surface area contributed by atoms with Crippen LogP contribution in [0.25, 0.3) is 0 Å². The number of carboxylic acids is 1. The van der Waals surface area contributed by atoms with Crippen molar-refractivity contribution in [1.82, 2.24) is 10.6 Å². The van der Waals surface area contributed by atoms with Crippen molar-refractivity contribution in [3.8, 4) is 0 Å². The van der Waals surface area contributed by atoms with Crippen molar-refractivity contribution < 1.29 is 28.3 Å². The standard InChI is InChI=1S/C17H20F2N2O4/c18-12-2-1-3-13(19)14(12)16(23)21-9-8-20-15(22)10-4-6-11(7-5-10)17(24)25/h1-3,10-11H,4-9H2,(H,20,22)(H,21,23)(H,24,25). The second kappa shape index (κ2) is 8.55. The Morgan fingerprint density at radius 3 is 2.04 bits per heavy atom.